The summed E-state index contributed by atoms with van der Waals surface area (Å²) in [7, 11) is 0. The molecule has 224 valence electrons. The number of furan rings is 1. The molecule has 4 nitrogen and oxygen atoms in total. The average Bonchev–Trinajstić information content (AvgIpc) is 3.73. The van der Waals surface area contributed by atoms with Crippen molar-refractivity contribution >= 4 is 64.2 Å². The van der Waals surface area contributed by atoms with Crippen LogP contribution in [0.2, 0.25) is 0 Å². The molecule has 0 aliphatic heterocycles. The van der Waals surface area contributed by atoms with Crippen LogP contribution in [0.5, 0.6) is 0 Å². The van der Waals surface area contributed by atoms with Gasteiger partial charge in [-0.05, 0) is 46.8 Å². The molecule has 0 aliphatic rings. The van der Waals surface area contributed by atoms with Crippen molar-refractivity contribution in [1.29, 1.82) is 0 Å². The Labute approximate surface area is 279 Å². The van der Waals surface area contributed by atoms with Crippen LogP contribution >= 0.6 is 11.3 Å². The number of nitrogens with zero attached hydrogens (tertiary/aromatic N) is 3. The van der Waals surface area contributed by atoms with Gasteiger partial charge in [-0.3, -0.25) is 0 Å². The summed E-state index contributed by atoms with van der Waals surface area (Å²) in [5.74, 6) is 1.90. The van der Waals surface area contributed by atoms with Gasteiger partial charge < -0.3 is 4.42 Å². The van der Waals surface area contributed by atoms with Crippen LogP contribution in [0.4, 0.5) is 0 Å². The molecule has 0 N–H and O–H groups in total. The molecule has 0 bridgehead atoms. The first-order valence-corrected chi connectivity index (χ1v) is 16.8. The van der Waals surface area contributed by atoms with E-state index in [1.165, 1.54) is 14.8 Å². The molecule has 0 radical (unpaired) electrons. The van der Waals surface area contributed by atoms with Crippen LogP contribution in [0.3, 0.4) is 0 Å². The zero-order valence-electron chi connectivity index (χ0n) is 25.6. The molecular formula is C43H25N3OS. The quantitative estimate of drug-likeness (QED) is 0.194. The highest BCUT2D eigenvalue weighted by atomic mass is 32.1. The molecule has 0 atom stereocenters. The van der Waals surface area contributed by atoms with Crippen molar-refractivity contribution in [3.8, 4) is 45.3 Å². The Morgan fingerprint density at radius 3 is 1.79 bits per heavy atom. The molecule has 10 aromatic rings. The van der Waals surface area contributed by atoms with E-state index < -0.39 is 0 Å². The van der Waals surface area contributed by atoms with E-state index in [1.807, 2.05) is 30.3 Å². The molecule has 0 saturated heterocycles. The molecule has 10 rings (SSSR count). The highest BCUT2D eigenvalue weighted by molar-refractivity contribution is 7.26. The lowest BCUT2D eigenvalue weighted by atomic mass is 9.98. The summed E-state index contributed by atoms with van der Waals surface area (Å²) in [5, 5.41) is 6.53. The van der Waals surface area contributed by atoms with Crippen molar-refractivity contribution in [2.75, 3.05) is 0 Å². The minimum absolute atomic E-state index is 0.625. The van der Waals surface area contributed by atoms with Crippen molar-refractivity contribution in [1.82, 2.24) is 15.0 Å². The number of rotatable bonds is 4. The van der Waals surface area contributed by atoms with Gasteiger partial charge in [0.05, 0.1) is 0 Å². The number of hydrogen-bond acceptors (Lipinski definition) is 5. The minimum Gasteiger partial charge on any atom is -0.455 e. The van der Waals surface area contributed by atoms with E-state index in [0.29, 0.717) is 17.5 Å². The van der Waals surface area contributed by atoms with Crippen molar-refractivity contribution in [3.63, 3.8) is 0 Å². The molecule has 48 heavy (non-hydrogen) atoms. The molecule has 0 saturated carbocycles. The number of thiophene rings is 1. The van der Waals surface area contributed by atoms with Crippen LogP contribution in [0, 0.1) is 0 Å². The third-order valence-corrected chi connectivity index (χ3v) is 10.2. The third kappa shape index (κ3) is 4.25. The Hall–Kier alpha value is -6.17. The van der Waals surface area contributed by atoms with Crippen LogP contribution in [0.15, 0.2) is 156 Å². The summed E-state index contributed by atoms with van der Waals surface area (Å²) in [6.45, 7) is 0. The van der Waals surface area contributed by atoms with Gasteiger partial charge in [-0.25, -0.2) is 15.0 Å². The monoisotopic (exact) mass is 631 g/mol. The molecule has 7 aromatic carbocycles. The van der Waals surface area contributed by atoms with E-state index in [1.54, 1.807) is 11.3 Å². The second-order valence-electron chi connectivity index (χ2n) is 12.0. The van der Waals surface area contributed by atoms with Crippen LogP contribution < -0.4 is 0 Å². The van der Waals surface area contributed by atoms with Crippen molar-refractivity contribution in [2.45, 2.75) is 0 Å². The van der Waals surface area contributed by atoms with Crippen LogP contribution in [0.1, 0.15) is 0 Å². The molecule has 0 aliphatic carbocycles. The predicted molar refractivity (Wildman–Crippen MR) is 199 cm³/mol. The second kappa shape index (κ2) is 10.7. The topological polar surface area (TPSA) is 51.8 Å². The standard InChI is InChI=1S/C43H25N3OS/c1-3-13-26(14-4-1)28-23-35(39-32-20-10-12-22-37(32)48-38(39)24-28)43-45-41(27-15-5-2-6-16-27)44-42(46-43)34-25-33-30-18-9-11-21-36(30)47-40(33)31-19-8-7-17-29(31)34/h1-25H. The molecular weight excluding hydrogens is 607 g/mol. The first-order valence-electron chi connectivity index (χ1n) is 15.9. The van der Waals surface area contributed by atoms with Gasteiger partial charge in [0.2, 0.25) is 0 Å². The molecule has 3 heterocycles. The second-order valence-corrected chi connectivity index (χ2v) is 13.1. The van der Waals surface area contributed by atoms with Gasteiger partial charge in [-0.2, -0.15) is 0 Å². The van der Waals surface area contributed by atoms with Gasteiger partial charge in [-0.1, -0.05) is 121 Å². The fourth-order valence-electron chi connectivity index (χ4n) is 6.89. The van der Waals surface area contributed by atoms with Crippen molar-refractivity contribution < 1.29 is 4.42 Å². The number of aromatic nitrogens is 3. The van der Waals surface area contributed by atoms with Crippen LogP contribution in [0.25, 0.3) is 98.2 Å². The summed E-state index contributed by atoms with van der Waals surface area (Å²) >= 11 is 1.80. The van der Waals surface area contributed by atoms with Gasteiger partial charge in [0, 0.05) is 53.0 Å². The first kappa shape index (κ1) is 27.0. The van der Waals surface area contributed by atoms with E-state index >= 15 is 0 Å². The molecule has 0 spiro atoms. The van der Waals surface area contributed by atoms with Gasteiger partial charge in [0.25, 0.3) is 0 Å². The summed E-state index contributed by atoms with van der Waals surface area (Å²) in [6.07, 6.45) is 0. The Morgan fingerprint density at radius 2 is 1.00 bits per heavy atom. The summed E-state index contributed by atoms with van der Waals surface area (Å²) < 4.78 is 8.86. The molecule has 0 fully saturated rings. The maximum Gasteiger partial charge on any atom is 0.164 e. The Morgan fingerprint density at radius 1 is 0.396 bits per heavy atom. The zero-order chi connectivity index (χ0) is 31.6. The number of fused-ring (bicyclic) bond motifs is 8. The SMILES string of the molecule is c1ccc(-c2cc(-c3nc(-c4ccccc4)nc(-c4cc5c6ccccc6oc5c5ccccc45)n3)c3c(c2)sc2ccccc23)cc1. The van der Waals surface area contributed by atoms with E-state index in [9.17, 15) is 0 Å². The highest BCUT2D eigenvalue weighted by Crippen LogP contribution is 2.44. The van der Waals surface area contributed by atoms with Crippen molar-refractivity contribution in [2.24, 2.45) is 0 Å². The van der Waals surface area contributed by atoms with E-state index in [2.05, 4.69) is 121 Å². The summed E-state index contributed by atoms with van der Waals surface area (Å²) in [5.41, 5.74) is 6.88. The van der Waals surface area contributed by atoms with Crippen LogP contribution in [-0.4, -0.2) is 15.0 Å². The predicted octanol–water partition coefficient (Wildman–Crippen LogP) is 12.0. The van der Waals surface area contributed by atoms with Gasteiger partial charge in [0.1, 0.15) is 11.2 Å². The first-order chi connectivity index (χ1) is 23.8. The van der Waals surface area contributed by atoms with Gasteiger partial charge >= 0.3 is 0 Å². The van der Waals surface area contributed by atoms with E-state index in [0.717, 1.165) is 65.9 Å². The largest absolute Gasteiger partial charge is 0.455 e. The smallest absolute Gasteiger partial charge is 0.164 e. The number of para-hydroxylation sites is 1. The average molecular weight is 632 g/mol. The lowest BCUT2D eigenvalue weighted by Crippen LogP contribution is -2.01. The number of benzene rings is 7. The molecule has 3 aromatic heterocycles. The molecule has 0 unspecified atom stereocenters. The zero-order valence-corrected chi connectivity index (χ0v) is 26.4. The molecule has 0 amide bonds. The lowest BCUT2D eigenvalue weighted by molar-refractivity contribution is 0.672. The lowest BCUT2D eigenvalue weighted by Gasteiger charge is -2.13. The normalized spacial score (nSPS) is 11.8. The maximum atomic E-state index is 6.43. The highest BCUT2D eigenvalue weighted by Gasteiger charge is 2.21. The number of hydrogen-bond donors (Lipinski definition) is 0. The van der Waals surface area contributed by atoms with E-state index in [4.69, 9.17) is 19.4 Å². The van der Waals surface area contributed by atoms with Crippen LogP contribution in [-0.2, 0) is 0 Å². The maximum absolute atomic E-state index is 6.43. The minimum atomic E-state index is 0.625. The Balaban J connectivity index is 1.32. The molecule has 5 heteroatoms. The van der Waals surface area contributed by atoms with Gasteiger partial charge in [0.15, 0.2) is 17.5 Å². The Kier molecular flexibility index (Phi) is 6.01. The third-order valence-electron chi connectivity index (χ3n) is 9.12. The van der Waals surface area contributed by atoms with Gasteiger partial charge in [-0.15, -0.1) is 11.3 Å². The summed E-state index contributed by atoms with van der Waals surface area (Å²) in [6, 6.07) is 52.6. The fourth-order valence-corrected chi connectivity index (χ4v) is 8.06. The van der Waals surface area contributed by atoms with Crippen molar-refractivity contribution in [3.05, 3.63) is 152 Å². The van der Waals surface area contributed by atoms with E-state index in [-0.39, 0.29) is 0 Å². The fraction of sp³-hybridized carbons (Fsp3) is 0. The Bertz CT molecular complexity index is 2840. The summed E-state index contributed by atoms with van der Waals surface area (Å²) in [4.78, 5) is 15.7.